The number of carboxylic acid groups (broad SMARTS) is 1. The van der Waals surface area contributed by atoms with Crippen LogP contribution in [0.5, 0.6) is 0 Å². The highest BCUT2D eigenvalue weighted by Gasteiger charge is 2.30. The summed E-state index contributed by atoms with van der Waals surface area (Å²) in [5, 5.41) is 17.0. The average molecular weight is 357 g/mol. The molecule has 8 N–H and O–H groups in total. The van der Waals surface area contributed by atoms with E-state index in [0.717, 1.165) is 13.0 Å². The number of rotatable bonds is 11. The minimum absolute atomic E-state index is 0.299. The summed E-state index contributed by atoms with van der Waals surface area (Å²) in [5.41, 5.74) is 10.4. The number of carbonyl (C=O) groups is 4. The Bertz CT molecular complexity index is 493. The van der Waals surface area contributed by atoms with Crippen LogP contribution in [0.25, 0.3) is 0 Å². The number of primary amides is 1. The molecule has 10 heteroatoms. The number of amides is 3. The van der Waals surface area contributed by atoms with Crippen molar-refractivity contribution in [1.82, 2.24) is 16.0 Å². The van der Waals surface area contributed by atoms with Crippen molar-refractivity contribution >= 4 is 23.7 Å². The van der Waals surface area contributed by atoms with Gasteiger partial charge in [-0.05, 0) is 45.2 Å². The predicted molar refractivity (Wildman–Crippen MR) is 89.2 cm³/mol. The van der Waals surface area contributed by atoms with Crippen molar-refractivity contribution in [3.05, 3.63) is 0 Å². The fraction of sp³-hybridized carbons (Fsp3) is 0.733. The molecule has 0 spiro atoms. The molecule has 10 nitrogen and oxygen atoms in total. The van der Waals surface area contributed by atoms with E-state index in [4.69, 9.17) is 16.6 Å². The molecule has 0 bridgehead atoms. The quantitative estimate of drug-likeness (QED) is 0.227. The van der Waals surface area contributed by atoms with Crippen molar-refractivity contribution in [1.29, 1.82) is 0 Å². The third kappa shape index (κ3) is 7.48. The molecule has 1 aliphatic heterocycles. The highest BCUT2D eigenvalue weighted by molar-refractivity contribution is 5.93. The molecule has 1 fully saturated rings. The number of unbranched alkanes of at least 4 members (excludes halogenated alkanes) is 1. The second kappa shape index (κ2) is 10.6. The van der Waals surface area contributed by atoms with Gasteiger partial charge in [0, 0.05) is 0 Å². The Labute approximate surface area is 146 Å². The SMILES string of the molecule is NCCCCC(NC(=O)C1CCCN1)C(=O)NC(CC(N)=O)C(=O)O. The predicted octanol–water partition coefficient (Wildman–Crippen LogP) is -2.20. The van der Waals surface area contributed by atoms with E-state index < -0.39 is 36.3 Å². The molecule has 1 heterocycles. The zero-order chi connectivity index (χ0) is 18.8. The van der Waals surface area contributed by atoms with Gasteiger partial charge in [0.15, 0.2) is 0 Å². The summed E-state index contributed by atoms with van der Waals surface area (Å²) in [6.45, 7) is 1.19. The van der Waals surface area contributed by atoms with Gasteiger partial charge in [-0.15, -0.1) is 0 Å². The van der Waals surface area contributed by atoms with E-state index in [2.05, 4.69) is 16.0 Å². The second-order valence-corrected chi connectivity index (χ2v) is 6.06. The minimum Gasteiger partial charge on any atom is -0.480 e. The van der Waals surface area contributed by atoms with Crippen LogP contribution < -0.4 is 27.4 Å². The summed E-state index contributed by atoms with van der Waals surface area (Å²) in [5.74, 6) is -3.16. The van der Waals surface area contributed by atoms with Crippen LogP contribution in [0.2, 0.25) is 0 Å². The molecular weight excluding hydrogens is 330 g/mol. The third-order valence-electron chi connectivity index (χ3n) is 3.98. The average Bonchev–Trinajstić information content (AvgIpc) is 3.07. The summed E-state index contributed by atoms with van der Waals surface area (Å²) in [7, 11) is 0. The maximum Gasteiger partial charge on any atom is 0.326 e. The van der Waals surface area contributed by atoms with Crippen LogP contribution in [0.15, 0.2) is 0 Å². The van der Waals surface area contributed by atoms with Gasteiger partial charge >= 0.3 is 5.97 Å². The molecule has 3 unspecified atom stereocenters. The lowest BCUT2D eigenvalue weighted by Crippen LogP contribution is -2.54. The fourth-order valence-corrected chi connectivity index (χ4v) is 2.62. The standard InChI is InChI=1S/C15H27N5O5/c16-6-2-1-4-10(19-13(22)9-5-3-7-18-9)14(23)20-11(15(24)25)8-12(17)21/h9-11,18H,1-8,16H2,(H2,17,21)(H,19,22)(H,20,23)(H,24,25). The van der Waals surface area contributed by atoms with Gasteiger partial charge in [0.05, 0.1) is 12.5 Å². The first-order valence-corrected chi connectivity index (χ1v) is 8.40. The molecule has 0 radical (unpaired) electrons. The van der Waals surface area contributed by atoms with Crippen molar-refractivity contribution in [3.8, 4) is 0 Å². The summed E-state index contributed by atoms with van der Waals surface area (Å²) in [4.78, 5) is 46.7. The van der Waals surface area contributed by atoms with E-state index in [0.29, 0.717) is 32.2 Å². The molecular formula is C15H27N5O5. The van der Waals surface area contributed by atoms with E-state index in [9.17, 15) is 19.2 Å². The molecule has 0 aromatic carbocycles. The molecule has 0 aromatic heterocycles. The highest BCUT2D eigenvalue weighted by atomic mass is 16.4. The highest BCUT2D eigenvalue weighted by Crippen LogP contribution is 2.08. The maximum atomic E-state index is 12.4. The molecule has 0 aliphatic carbocycles. The van der Waals surface area contributed by atoms with Crippen LogP contribution in [0.3, 0.4) is 0 Å². The van der Waals surface area contributed by atoms with Crippen molar-refractivity contribution in [2.45, 2.75) is 56.7 Å². The Kier molecular flexibility index (Phi) is 8.86. The van der Waals surface area contributed by atoms with Gasteiger partial charge in [-0.3, -0.25) is 14.4 Å². The molecule has 0 saturated carbocycles. The molecule has 0 aromatic rings. The van der Waals surface area contributed by atoms with E-state index in [1.165, 1.54) is 0 Å². The van der Waals surface area contributed by atoms with Gasteiger partial charge in [-0.1, -0.05) is 0 Å². The summed E-state index contributed by atoms with van der Waals surface area (Å²) < 4.78 is 0. The molecule has 142 valence electrons. The Balaban J connectivity index is 2.70. The Morgan fingerprint density at radius 1 is 1.16 bits per heavy atom. The number of nitrogens with two attached hydrogens (primary N) is 2. The number of hydrogen-bond acceptors (Lipinski definition) is 6. The van der Waals surface area contributed by atoms with Crippen molar-refractivity contribution < 1.29 is 24.3 Å². The van der Waals surface area contributed by atoms with Gasteiger partial charge in [0.25, 0.3) is 0 Å². The third-order valence-corrected chi connectivity index (χ3v) is 3.98. The van der Waals surface area contributed by atoms with Gasteiger partial charge in [0.1, 0.15) is 12.1 Å². The van der Waals surface area contributed by atoms with E-state index in [1.54, 1.807) is 0 Å². The second-order valence-electron chi connectivity index (χ2n) is 6.06. The van der Waals surface area contributed by atoms with E-state index in [-0.39, 0.29) is 11.9 Å². The fourth-order valence-electron chi connectivity index (χ4n) is 2.62. The lowest BCUT2D eigenvalue weighted by atomic mass is 10.1. The van der Waals surface area contributed by atoms with E-state index >= 15 is 0 Å². The molecule has 1 rings (SSSR count). The number of carboxylic acids is 1. The number of aliphatic carboxylic acids is 1. The smallest absolute Gasteiger partial charge is 0.326 e. The molecule has 3 amide bonds. The maximum absolute atomic E-state index is 12.4. The zero-order valence-electron chi connectivity index (χ0n) is 14.1. The first-order valence-electron chi connectivity index (χ1n) is 8.40. The largest absolute Gasteiger partial charge is 0.480 e. The summed E-state index contributed by atoms with van der Waals surface area (Å²) in [6.07, 6.45) is 2.63. The Morgan fingerprint density at radius 2 is 1.88 bits per heavy atom. The van der Waals surface area contributed by atoms with Gasteiger partial charge in [0.2, 0.25) is 17.7 Å². The summed E-state index contributed by atoms with van der Waals surface area (Å²) in [6, 6.07) is -2.68. The van der Waals surface area contributed by atoms with Crippen molar-refractivity contribution in [2.24, 2.45) is 11.5 Å². The molecule has 1 aliphatic rings. The van der Waals surface area contributed by atoms with Crippen molar-refractivity contribution in [2.75, 3.05) is 13.1 Å². The first-order chi connectivity index (χ1) is 11.8. The Hall–Kier alpha value is -2.20. The zero-order valence-corrected chi connectivity index (χ0v) is 14.1. The normalized spacial score (nSPS) is 19.0. The Morgan fingerprint density at radius 3 is 2.40 bits per heavy atom. The lowest BCUT2D eigenvalue weighted by Gasteiger charge is -2.22. The van der Waals surface area contributed by atoms with Crippen LogP contribution >= 0.6 is 0 Å². The van der Waals surface area contributed by atoms with Crippen LogP contribution in [0.4, 0.5) is 0 Å². The monoisotopic (exact) mass is 357 g/mol. The van der Waals surface area contributed by atoms with Crippen LogP contribution in [-0.2, 0) is 19.2 Å². The molecule has 25 heavy (non-hydrogen) atoms. The molecule has 1 saturated heterocycles. The minimum atomic E-state index is -1.43. The van der Waals surface area contributed by atoms with Crippen molar-refractivity contribution in [3.63, 3.8) is 0 Å². The topological polar surface area (TPSA) is 177 Å². The van der Waals surface area contributed by atoms with Crippen LogP contribution in [-0.4, -0.2) is 60.0 Å². The van der Waals surface area contributed by atoms with Gasteiger partial charge in [-0.25, -0.2) is 4.79 Å². The first kappa shape index (κ1) is 20.8. The van der Waals surface area contributed by atoms with Gasteiger partial charge in [-0.2, -0.15) is 0 Å². The number of hydrogen-bond donors (Lipinski definition) is 6. The van der Waals surface area contributed by atoms with Gasteiger partial charge < -0.3 is 32.5 Å². The number of carbonyl (C=O) groups excluding carboxylic acids is 3. The van der Waals surface area contributed by atoms with Crippen LogP contribution in [0.1, 0.15) is 38.5 Å². The summed E-state index contributed by atoms with van der Waals surface area (Å²) >= 11 is 0. The van der Waals surface area contributed by atoms with Crippen LogP contribution in [0, 0.1) is 0 Å². The van der Waals surface area contributed by atoms with E-state index in [1.807, 2.05) is 0 Å². The lowest BCUT2D eigenvalue weighted by molar-refractivity contribution is -0.143. The number of nitrogens with one attached hydrogen (secondary N) is 3. The molecule has 3 atom stereocenters.